The maximum atomic E-state index is 11.1. The minimum Gasteiger partial charge on any atom is -0.282 e. The fourth-order valence-electron chi connectivity index (χ4n) is 1.38. The van der Waals surface area contributed by atoms with E-state index in [0.717, 1.165) is 4.90 Å². The van der Waals surface area contributed by atoms with Crippen molar-refractivity contribution in [3.63, 3.8) is 0 Å². The van der Waals surface area contributed by atoms with Gasteiger partial charge in [-0.3, -0.25) is 4.55 Å². The largest absolute Gasteiger partial charge is 0.296 e. The molecule has 0 saturated carbocycles. The van der Waals surface area contributed by atoms with Crippen molar-refractivity contribution in [1.82, 2.24) is 0 Å². The van der Waals surface area contributed by atoms with E-state index in [1.165, 1.54) is 23.9 Å². The molecule has 0 bridgehead atoms. The van der Waals surface area contributed by atoms with Crippen molar-refractivity contribution in [2.24, 2.45) is 0 Å². The molecule has 0 saturated heterocycles. The lowest BCUT2D eigenvalue weighted by Crippen LogP contribution is -1.99. The van der Waals surface area contributed by atoms with Gasteiger partial charge in [0.2, 0.25) is 0 Å². The van der Waals surface area contributed by atoms with Gasteiger partial charge in [-0.05, 0) is 42.5 Å². The SMILES string of the molecule is O=S(=O)(O)c1cc(Sc2ccc(Cl)cc2)ccc1Cl. The summed E-state index contributed by atoms with van der Waals surface area (Å²) in [7, 11) is -4.32. The summed E-state index contributed by atoms with van der Waals surface area (Å²) in [5.74, 6) is 0. The van der Waals surface area contributed by atoms with E-state index < -0.39 is 10.1 Å². The van der Waals surface area contributed by atoms with Crippen LogP contribution in [0.2, 0.25) is 10.0 Å². The van der Waals surface area contributed by atoms with Gasteiger partial charge in [0.25, 0.3) is 10.1 Å². The Morgan fingerprint density at radius 1 is 0.947 bits per heavy atom. The summed E-state index contributed by atoms with van der Waals surface area (Å²) in [4.78, 5) is 1.25. The molecule has 0 radical (unpaired) electrons. The van der Waals surface area contributed by atoms with Crippen LogP contribution in [0.5, 0.6) is 0 Å². The molecule has 2 aromatic rings. The highest BCUT2D eigenvalue weighted by Crippen LogP contribution is 2.32. The lowest BCUT2D eigenvalue weighted by molar-refractivity contribution is 0.483. The monoisotopic (exact) mass is 334 g/mol. The molecule has 0 aliphatic carbocycles. The number of rotatable bonds is 3. The van der Waals surface area contributed by atoms with Gasteiger partial charge in [-0.25, -0.2) is 0 Å². The van der Waals surface area contributed by atoms with E-state index in [1.807, 2.05) is 12.1 Å². The molecule has 0 heterocycles. The van der Waals surface area contributed by atoms with Gasteiger partial charge >= 0.3 is 0 Å². The average Bonchev–Trinajstić information content (AvgIpc) is 2.33. The molecule has 3 nitrogen and oxygen atoms in total. The third kappa shape index (κ3) is 3.87. The Morgan fingerprint density at radius 2 is 1.53 bits per heavy atom. The maximum absolute atomic E-state index is 11.1. The first-order valence-corrected chi connectivity index (χ1v) is 8.08. The third-order valence-corrected chi connectivity index (χ3v) is 4.81. The van der Waals surface area contributed by atoms with E-state index in [2.05, 4.69) is 0 Å². The number of benzene rings is 2. The fourth-order valence-corrected chi connectivity index (χ4v) is 3.44. The number of hydrogen-bond donors (Lipinski definition) is 1. The number of hydrogen-bond acceptors (Lipinski definition) is 3. The minimum absolute atomic E-state index is 0.0112. The van der Waals surface area contributed by atoms with Crippen molar-refractivity contribution in [1.29, 1.82) is 0 Å². The van der Waals surface area contributed by atoms with Crippen LogP contribution in [0.3, 0.4) is 0 Å². The summed E-state index contributed by atoms with van der Waals surface area (Å²) < 4.78 is 31.4. The second kappa shape index (κ2) is 5.73. The van der Waals surface area contributed by atoms with Crippen LogP contribution in [0, 0.1) is 0 Å². The van der Waals surface area contributed by atoms with Crippen molar-refractivity contribution in [2.75, 3.05) is 0 Å². The Morgan fingerprint density at radius 3 is 2.11 bits per heavy atom. The second-order valence-electron chi connectivity index (χ2n) is 3.62. The van der Waals surface area contributed by atoms with E-state index in [0.29, 0.717) is 9.92 Å². The molecule has 0 aliphatic rings. The van der Waals surface area contributed by atoms with Crippen molar-refractivity contribution in [3.05, 3.63) is 52.5 Å². The fraction of sp³-hybridized carbons (Fsp3) is 0. The van der Waals surface area contributed by atoms with Crippen LogP contribution in [0.1, 0.15) is 0 Å². The zero-order valence-corrected chi connectivity index (χ0v) is 12.5. The van der Waals surface area contributed by atoms with Gasteiger partial charge in [0.15, 0.2) is 0 Å². The molecule has 0 spiro atoms. The smallest absolute Gasteiger partial charge is 0.282 e. The lowest BCUT2D eigenvalue weighted by Gasteiger charge is -2.05. The summed E-state index contributed by atoms with van der Waals surface area (Å²) in [6, 6.07) is 11.5. The Hall–Kier alpha value is -0.720. The van der Waals surface area contributed by atoms with Crippen molar-refractivity contribution >= 4 is 45.1 Å². The van der Waals surface area contributed by atoms with Crippen molar-refractivity contribution < 1.29 is 13.0 Å². The predicted octanol–water partition coefficient (Wildman–Crippen LogP) is 4.39. The first kappa shape index (κ1) is 14.7. The lowest BCUT2D eigenvalue weighted by atomic mass is 10.4. The molecule has 0 atom stereocenters. The van der Waals surface area contributed by atoms with Crippen molar-refractivity contribution in [2.45, 2.75) is 14.7 Å². The molecular weight excluding hydrogens is 327 g/mol. The molecule has 0 aromatic heterocycles. The van der Waals surface area contributed by atoms with Gasteiger partial charge in [-0.2, -0.15) is 8.42 Å². The molecule has 0 fully saturated rings. The van der Waals surface area contributed by atoms with Crippen LogP contribution in [0.25, 0.3) is 0 Å². The van der Waals surface area contributed by atoms with Gasteiger partial charge in [0.05, 0.1) is 5.02 Å². The Kier molecular flexibility index (Phi) is 4.43. The Balaban J connectivity index is 2.34. The molecule has 0 amide bonds. The molecule has 2 aromatic carbocycles. The topological polar surface area (TPSA) is 54.4 Å². The first-order valence-electron chi connectivity index (χ1n) is 5.07. The van der Waals surface area contributed by atoms with E-state index in [1.54, 1.807) is 18.2 Å². The summed E-state index contributed by atoms with van der Waals surface area (Å²) >= 11 is 12.9. The van der Waals surface area contributed by atoms with E-state index in [4.69, 9.17) is 27.8 Å². The molecule has 100 valence electrons. The highest BCUT2D eigenvalue weighted by molar-refractivity contribution is 7.99. The van der Waals surface area contributed by atoms with Gasteiger partial charge in [-0.1, -0.05) is 35.0 Å². The van der Waals surface area contributed by atoms with Gasteiger partial charge in [0.1, 0.15) is 4.90 Å². The minimum atomic E-state index is -4.32. The van der Waals surface area contributed by atoms with Crippen LogP contribution < -0.4 is 0 Å². The van der Waals surface area contributed by atoms with E-state index in [-0.39, 0.29) is 9.92 Å². The molecule has 0 unspecified atom stereocenters. The zero-order valence-electron chi connectivity index (χ0n) is 9.38. The normalized spacial score (nSPS) is 11.5. The van der Waals surface area contributed by atoms with E-state index in [9.17, 15) is 8.42 Å². The molecule has 19 heavy (non-hydrogen) atoms. The van der Waals surface area contributed by atoms with Gasteiger partial charge < -0.3 is 0 Å². The third-order valence-electron chi connectivity index (χ3n) is 2.23. The van der Waals surface area contributed by atoms with Gasteiger partial charge in [-0.15, -0.1) is 0 Å². The predicted molar refractivity (Wildman–Crippen MR) is 76.8 cm³/mol. The Bertz CT molecular complexity index is 697. The van der Waals surface area contributed by atoms with Crippen LogP contribution in [-0.2, 0) is 10.1 Å². The van der Waals surface area contributed by atoms with Crippen LogP contribution >= 0.6 is 35.0 Å². The average molecular weight is 335 g/mol. The Labute approximate surface area is 125 Å². The molecule has 1 N–H and O–H groups in total. The summed E-state index contributed by atoms with van der Waals surface area (Å²) in [5.41, 5.74) is 0. The summed E-state index contributed by atoms with van der Waals surface area (Å²) in [5, 5.41) is 0.613. The van der Waals surface area contributed by atoms with Crippen LogP contribution in [0.4, 0.5) is 0 Å². The standard InChI is InChI=1S/C12H8Cl2O3S2/c13-8-1-3-9(4-2-8)18-10-5-6-11(14)12(7-10)19(15,16)17/h1-7H,(H,15,16,17). The first-order chi connectivity index (χ1) is 8.86. The van der Waals surface area contributed by atoms with Crippen molar-refractivity contribution in [3.8, 4) is 0 Å². The van der Waals surface area contributed by atoms with Gasteiger partial charge in [0, 0.05) is 14.8 Å². The molecule has 2 rings (SSSR count). The van der Waals surface area contributed by atoms with E-state index >= 15 is 0 Å². The molecular formula is C12H8Cl2O3S2. The zero-order chi connectivity index (χ0) is 14.0. The highest BCUT2D eigenvalue weighted by Gasteiger charge is 2.15. The highest BCUT2D eigenvalue weighted by atomic mass is 35.5. The molecule has 0 aliphatic heterocycles. The summed E-state index contributed by atoms with van der Waals surface area (Å²) in [6.45, 7) is 0. The maximum Gasteiger partial charge on any atom is 0.296 e. The quantitative estimate of drug-likeness (QED) is 0.845. The second-order valence-corrected chi connectivity index (χ2v) is 7.00. The number of halogens is 2. The summed E-state index contributed by atoms with van der Waals surface area (Å²) in [6.07, 6.45) is 0. The van der Waals surface area contributed by atoms with Crippen LogP contribution in [0.15, 0.2) is 57.2 Å². The molecule has 7 heteroatoms. The van der Waals surface area contributed by atoms with Crippen LogP contribution in [-0.4, -0.2) is 13.0 Å².